The van der Waals surface area contributed by atoms with Gasteiger partial charge in [0.2, 0.25) is 0 Å². The highest BCUT2D eigenvalue weighted by atomic mass is 15.2. The normalized spacial score (nSPS) is 35.1. The second-order valence-corrected chi connectivity index (χ2v) is 3.30. The molecule has 0 unspecified atom stereocenters. The van der Waals surface area contributed by atoms with Crippen LogP contribution in [0.4, 0.5) is 0 Å². The Bertz CT molecular complexity index is 101. The predicted molar refractivity (Wildman–Crippen MR) is 44.2 cm³/mol. The summed E-state index contributed by atoms with van der Waals surface area (Å²) < 4.78 is 0. The van der Waals surface area contributed by atoms with Crippen molar-refractivity contribution in [3.05, 3.63) is 0 Å². The molecular formula is C8H18N2. The average molecular weight is 142 g/mol. The van der Waals surface area contributed by atoms with E-state index >= 15 is 0 Å². The highest BCUT2D eigenvalue weighted by molar-refractivity contribution is 4.83. The first-order chi connectivity index (χ1) is 4.75. The summed E-state index contributed by atoms with van der Waals surface area (Å²) in [6.45, 7) is 3.44. The van der Waals surface area contributed by atoms with Crippen molar-refractivity contribution < 1.29 is 0 Å². The maximum Gasteiger partial charge on any atom is 0.0220 e. The monoisotopic (exact) mass is 142 g/mol. The molecule has 0 radical (unpaired) electrons. The smallest absolute Gasteiger partial charge is 0.0220 e. The quantitative estimate of drug-likeness (QED) is 0.610. The van der Waals surface area contributed by atoms with E-state index in [9.17, 15) is 0 Å². The number of likely N-dealkylation sites (tertiary alicyclic amines) is 1. The molecule has 0 aliphatic carbocycles. The van der Waals surface area contributed by atoms with E-state index < -0.39 is 0 Å². The highest BCUT2D eigenvalue weighted by Gasteiger charge is 2.25. The highest BCUT2D eigenvalue weighted by Crippen LogP contribution is 2.20. The van der Waals surface area contributed by atoms with Gasteiger partial charge in [0.1, 0.15) is 0 Å². The standard InChI is InChI=1S/C8H18N2/c1-7-4-5-8(6-9-2)10(7)3/h7-9H,4-6H2,1-3H3/t7-,8-/m0/s1. The van der Waals surface area contributed by atoms with Gasteiger partial charge in [0, 0.05) is 18.6 Å². The molecule has 1 aliphatic heterocycles. The van der Waals surface area contributed by atoms with Gasteiger partial charge < -0.3 is 5.32 Å². The van der Waals surface area contributed by atoms with E-state index in [0.29, 0.717) is 0 Å². The molecule has 2 atom stereocenters. The summed E-state index contributed by atoms with van der Waals surface area (Å²) in [6.07, 6.45) is 2.72. The van der Waals surface area contributed by atoms with Crippen LogP contribution in [0.3, 0.4) is 0 Å². The molecule has 0 aromatic rings. The summed E-state index contributed by atoms with van der Waals surface area (Å²) in [6, 6.07) is 1.57. The van der Waals surface area contributed by atoms with Crippen LogP contribution in [-0.2, 0) is 0 Å². The molecule has 2 nitrogen and oxygen atoms in total. The van der Waals surface area contributed by atoms with E-state index in [1.54, 1.807) is 0 Å². The summed E-state index contributed by atoms with van der Waals surface area (Å²) >= 11 is 0. The summed E-state index contributed by atoms with van der Waals surface area (Å²) in [5.74, 6) is 0. The van der Waals surface area contributed by atoms with E-state index in [1.807, 2.05) is 7.05 Å². The average Bonchev–Trinajstić information content (AvgIpc) is 2.20. The Hall–Kier alpha value is -0.0800. The first-order valence-corrected chi connectivity index (χ1v) is 4.12. The Kier molecular flexibility index (Phi) is 2.69. The molecule has 0 aromatic heterocycles. The van der Waals surface area contributed by atoms with Gasteiger partial charge in [0.05, 0.1) is 0 Å². The zero-order valence-corrected chi connectivity index (χ0v) is 7.22. The van der Waals surface area contributed by atoms with Gasteiger partial charge in [-0.3, -0.25) is 4.90 Å². The van der Waals surface area contributed by atoms with Gasteiger partial charge in [-0.1, -0.05) is 0 Å². The largest absolute Gasteiger partial charge is 0.318 e. The molecule has 0 amide bonds. The minimum absolute atomic E-state index is 0.778. The van der Waals surface area contributed by atoms with Crippen molar-refractivity contribution in [2.75, 3.05) is 20.6 Å². The maximum absolute atomic E-state index is 3.22. The second-order valence-electron chi connectivity index (χ2n) is 3.30. The molecule has 0 bridgehead atoms. The van der Waals surface area contributed by atoms with Crippen LogP contribution >= 0.6 is 0 Å². The fourth-order valence-corrected chi connectivity index (χ4v) is 1.68. The van der Waals surface area contributed by atoms with Crippen molar-refractivity contribution in [1.82, 2.24) is 10.2 Å². The van der Waals surface area contributed by atoms with Gasteiger partial charge in [-0.25, -0.2) is 0 Å². The lowest BCUT2D eigenvalue weighted by atomic mass is 10.2. The van der Waals surface area contributed by atoms with E-state index in [4.69, 9.17) is 0 Å². The minimum Gasteiger partial charge on any atom is -0.318 e. The van der Waals surface area contributed by atoms with Gasteiger partial charge in [0.15, 0.2) is 0 Å². The van der Waals surface area contributed by atoms with Crippen molar-refractivity contribution in [2.24, 2.45) is 0 Å². The van der Waals surface area contributed by atoms with E-state index in [2.05, 4.69) is 24.2 Å². The number of hydrogen-bond acceptors (Lipinski definition) is 2. The van der Waals surface area contributed by atoms with Crippen LogP contribution in [0.15, 0.2) is 0 Å². The summed E-state index contributed by atoms with van der Waals surface area (Å²) in [5, 5.41) is 3.22. The molecule has 1 aliphatic rings. The van der Waals surface area contributed by atoms with Crippen molar-refractivity contribution in [1.29, 1.82) is 0 Å². The van der Waals surface area contributed by atoms with Crippen LogP contribution in [0.25, 0.3) is 0 Å². The molecule has 0 spiro atoms. The number of likely N-dealkylation sites (N-methyl/N-ethyl adjacent to an activating group) is 2. The molecule has 1 saturated heterocycles. The second kappa shape index (κ2) is 3.35. The number of nitrogens with zero attached hydrogens (tertiary/aromatic N) is 1. The summed E-state index contributed by atoms with van der Waals surface area (Å²) in [5.41, 5.74) is 0. The lowest BCUT2D eigenvalue weighted by Gasteiger charge is -2.22. The van der Waals surface area contributed by atoms with Crippen LogP contribution in [0.1, 0.15) is 19.8 Å². The third kappa shape index (κ3) is 1.50. The Morgan fingerprint density at radius 1 is 1.50 bits per heavy atom. The third-order valence-corrected chi connectivity index (χ3v) is 2.63. The SMILES string of the molecule is CNC[C@@H]1CC[C@H](C)N1C. The van der Waals surface area contributed by atoms with Gasteiger partial charge in [0.25, 0.3) is 0 Å². The number of nitrogens with one attached hydrogen (secondary N) is 1. The minimum atomic E-state index is 0.778. The zero-order chi connectivity index (χ0) is 7.56. The Morgan fingerprint density at radius 3 is 2.60 bits per heavy atom. The molecule has 0 aromatic carbocycles. The Morgan fingerprint density at radius 2 is 2.20 bits per heavy atom. The van der Waals surface area contributed by atoms with Crippen LogP contribution in [0, 0.1) is 0 Å². The summed E-state index contributed by atoms with van der Waals surface area (Å²) in [4.78, 5) is 2.47. The molecule has 1 heterocycles. The topological polar surface area (TPSA) is 15.3 Å². The van der Waals surface area contributed by atoms with Crippen molar-refractivity contribution in [3.63, 3.8) is 0 Å². The van der Waals surface area contributed by atoms with Crippen molar-refractivity contribution in [2.45, 2.75) is 31.8 Å². The Labute approximate surface area is 63.6 Å². The maximum atomic E-state index is 3.22. The first kappa shape index (κ1) is 8.02. The number of hydrogen-bond donors (Lipinski definition) is 1. The van der Waals surface area contributed by atoms with Crippen LogP contribution in [0.5, 0.6) is 0 Å². The summed E-state index contributed by atoms with van der Waals surface area (Å²) in [7, 11) is 4.25. The Balaban J connectivity index is 2.33. The molecular weight excluding hydrogens is 124 g/mol. The lowest BCUT2D eigenvalue weighted by Crippen LogP contribution is -2.36. The predicted octanol–water partition coefficient (Wildman–Crippen LogP) is 0.688. The zero-order valence-electron chi connectivity index (χ0n) is 7.22. The molecule has 60 valence electrons. The van der Waals surface area contributed by atoms with Crippen LogP contribution in [0.2, 0.25) is 0 Å². The molecule has 2 heteroatoms. The van der Waals surface area contributed by atoms with Gasteiger partial charge >= 0.3 is 0 Å². The van der Waals surface area contributed by atoms with Gasteiger partial charge in [-0.05, 0) is 33.9 Å². The molecule has 1 N–H and O–H groups in total. The third-order valence-electron chi connectivity index (χ3n) is 2.63. The van der Waals surface area contributed by atoms with Crippen LogP contribution in [-0.4, -0.2) is 37.6 Å². The first-order valence-electron chi connectivity index (χ1n) is 4.12. The number of rotatable bonds is 2. The fourth-order valence-electron chi connectivity index (χ4n) is 1.68. The lowest BCUT2D eigenvalue weighted by molar-refractivity contribution is 0.250. The fraction of sp³-hybridized carbons (Fsp3) is 1.00. The van der Waals surface area contributed by atoms with E-state index in [0.717, 1.165) is 18.6 Å². The van der Waals surface area contributed by atoms with Crippen molar-refractivity contribution in [3.8, 4) is 0 Å². The molecule has 10 heavy (non-hydrogen) atoms. The van der Waals surface area contributed by atoms with Crippen molar-refractivity contribution >= 4 is 0 Å². The molecule has 0 saturated carbocycles. The van der Waals surface area contributed by atoms with Crippen LogP contribution < -0.4 is 5.32 Å². The van der Waals surface area contributed by atoms with Gasteiger partial charge in [-0.2, -0.15) is 0 Å². The van der Waals surface area contributed by atoms with E-state index in [1.165, 1.54) is 12.8 Å². The van der Waals surface area contributed by atoms with Gasteiger partial charge in [-0.15, -0.1) is 0 Å². The van der Waals surface area contributed by atoms with E-state index in [-0.39, 0.29) is 0 Å². The molecule has 1 rings (SSSR count). The molecule has 1 fully saturated rings.